The molecule has 5 rings (SSSR count). The average Bonchev–Trinajstić information content (AvgIpc) is 3.44. The lowest BCUT2D eigenvalue weighted by Crippen LogP contribution is -2.30. The Morgan fingerprint density at radius 2 is 1.91 bits per heavy atom. The molecule has 1 saturated heterocycles. The minimum absolute atomic E-state index is 0.152. The molecule has 1 N–H and O–H groups in total. The van der Waals surface area contributed by atoms with Gasteiger partial charge in [0.1, 0.15) is 11.8 Å². The largest absolute Gasteiger partial charge is 0.495 e. The van der Waals surface area contributed by atoms with Crippen LogP contribution in [0.4, 0.5) is 5.69 Å². The van der Waals surface area contributed by atoms with Crippen molar-refractivity contribution in [3.63, 3.8) is 0 Å². The van der Waals surface area contributed by atoms with Crippen LogP contribution >= 0.6 is 39.7 Å². The Balaban J connectivity index is 1.67. The molecule has 4 aromatic rings. The van der Waals surface area contributed by atoms with Gasteiger partial charge in [-0.3, -0.25) is 4.98 Å². The van der Waals surface area contributed by atoms with Crippen LogP contribution in [0.25, 0.3) is 5.69 Å². The summed E-state index contributed by atoms with van der Waals surface area (Å²) in [6.07, 6.45) is 3.87. The van der Waals surface area contributed by atoms with Gasteiger partial charge >= 0.3 is 0 Å². The third kappa shape index (κ3) is 4.12. The standard InChI is InChI=1S/C25H20BrClN4OS/c1-32-22-11-10-18(15-19(22)27)31-24(23(29-25(31)33)20-8-2-3-12-28-20)21-9-5-13-30(21)17-7-4-6-16(26)14-17/h2-15,23-24H,1H3,(H,29,33)/t23-,24-/m0/s1. The number of ether oxygens (including phenoxy) is 1. The van der Waals surface area contributed by atoms with Gasteiger partial charge in [-0.2, -0.15) is 0 Å². The van der Waals surface area contributed by atoms with E-state index >= 15 is 0 Å². The van der Waals surface area contributed by atoms with Crippen molar-refractivity contribution in [2.75, 3.05) is 12.0 Å². The molecule has 0 amide bonds. The van der Waals surface area contributed by atoms with Gasteiger partial charge in [0.05, 0.1) is 23.9 Å². The van der Waals surface area contributed by atoms with Crippen LogP contribution in [-0.2, 0) is 0 Å². The highest BCUT2D eigenvalue weighted by atomic mass is 79.9. The van der Waals surface area contributed by atoms with Crippen LogP contribution in [0.3, 0.4) is 0 Å². The van der Waals surface area contributed by atoms with Crippen LogP contribution in [0.15, 0.2) is 89.7 Å². The van der Waals surface area contributed by atoms with Crippen LogP contribution in [0.1, 0.15) is 23.5 Å². The van der Waals surface area contributed by atoms with Crippen LogP contribution in [0.5, 0.6) is 5.75 Å². The molecule has 2 atom stereocenters. The van der Waals surface area contributed by atoms with Crippen molar-refractivity contribution < 1.29 is 4.74 Å². The summed E-state index contributed by atoms with van der Waals surface area (Å²) in [6, 6.07) is 23.7. The van der Waals surface area contributed by atoms with Gasteiger partial charge in [0, 0.05) is 33.9 Å². The molecule has 33 heavy (non-hydrogen) atoms. The molecule has 2 aromatic heterocycles. The Hall–Kier alpha value is -2.87. The number of pyridine rings is 1. The minimum atomic E-state index is -0.161. The van der Waals surface area contributed by atoms with E-state index in [0.29, 0.717) is 15.9 Å². The van der Waals surface area contributed by atoms with Crippen molar-refractivity contribution in [2.24, 2.45) is 0 Å². The zero-order valence-corrected chi connectivity index (χ0v) is 20.8. The van der Waals surface area contributed by atoms with E-state index in [1.165, 1.54) is 0 Å². The van der Waals surface area contributed by atoms with Crippen molar-refractivity contribution >= 4 is 50.5 Å². The molecule has 0 bridgehead atoms. The molecule has 0 spiro atoms. The monoisotopic (exact) mass is 538 g/mol. The van der Waals surface area contributed by atoms with E-state index < -0.39 is 0 Å². The maximum atomic E-state index is 6.49. The first kappa shape index (κ1) is 21.9. The molecule has 2 aromatic carbocycles. The summed E-state index contributed by atoms with van der Waals surface area (Å²) in [4.78, 5) is 6.73. The number of nitrogens with one attached hydrogen (secondary N) is 1. The van der Waals surface area contributed by atoms with Crippen molar-refractivity contribution in [2.45, 2.75) is 12.1 Å². The molecular formula is C25H20BrClN4OS. The first-order valence-electron chi connectivity index (χ1n) is 10.3. The number of anilines is 1. The SMILES string of the molecule is COc1ccc(N2C(=S)N[C@@H](c3ccccn3)[C@@H]2c2cccn2-c2cccc(Br)c2)cc1Cl. The third-order valence-corrected chi connectivity index (χ3v) is 6.78. The Morgan fingerprint density at radius 1 is 1.03 bits per heavy atom. The number of rotatable bonds is 5. The molecule has 8 heteroatoms. The third-order valence-electron chi connectivity index (χ3n) is 5.68. The van der Waals surface area contributed by atoms with Gasteiger partial charge in [-0.1, -0.05) is 39.7 Å². The number of benzene rings is 2. The highest BCUT2D eigenvalue weighted by Gasteiger charge is 2.42. The van der Waals surface area contributed by atoms with Crippen molar-refractivity contribution in [3.8, 4) is 11.4 Å². The fraction of sp³-hybridized carbons (Fsp3) is 0.120. The normalized spacial score (nSPS) is 17.8. The number of hydrogen-bond acceptors (Lipinski definition) is 3. The lowest BCUT2D eigenvalue weighted by molar-refractivity contribution is 0.415. The molecule has 1 aliphatic rings. The Bertz CT molecular complexity index is 1310. The molecule has 5 nitrogen and oxygen atoms in total. The first-order valence-corrected chi connectivity index (χ1v) is 11.9. The maximum Gasteiger partial charge on any atom is 0.174 e. The van der Waals surface area contributed by atoms with E-state index in [4.69, 9.17) is 28.6 Å². The second-order valence-corrected chi connectivity index (χ2v) is 9.31. The highest BCUT2D eigenvalue weighted by molar-refractivity contribution is 9.10. The molecule has 0 saturated carbocycles. The zero-order chi connectivity index (χ0) is 22.9. The number of hydrogen-bond donors (Lipinski definition) is 1. The van der Waals surface area contributed by atoms with E-state index in [0.717, 1.165) is 27.2 Å². The fourth-order valence-electron chi connectivity index (χ4n) is 4.23. The van der Waals surface area contributed by atoms with Gasteiger partial charge in [0.15, 0.2) is 5.11 Å². The lowest BCUT2D eigenvalue weighted by Gasteiger charge is -2.29. The summed E-state index contributed by atoms with van der Waals surface area (Å²) in [7, 11) is 1.60. The molecule has 166 valence electrons. The van der Waals surface area contributed by atoms with Crippen molar-refractivity contribution in [1.29, 1.82) is 0 Å². The Morgan fingerprint density at radius 3 is 2.64 bits per heavy atom. The molecule has 1 fully saturated rings. The number of methoxy groups -OCH3 is 1. The first-order chi connectivity index (χ1) is 16.1. The molecule has 1 aliphatic heterocycles. The summed E-state index contributed by atoms with van der Waals surface area (Å²) in [5, 5.41) is 4.63. The average molecular weight is 540 g/mol. The van der Waals surface area contributed by atoms with Gasteiger partial charge in [-0.15, -0.1) is 0 Å². The topological polar surface area (TPSA) is 42.3 Å². The number of halogens is 2. The molecule has 0 unspecified atom stereocenters. The second kappa shape index (κ2) is 9.17. The van der Waals surface area contributed by atoms with Crippen LogP contribution < -0.4 is 15.0 Å². The minimum Gasteiger partial charge on any atom is -0.495 e. The summed E-state index contributed by atoms with van der Waals surface area (Å²) in [6.45, 7) is 0. The summed E-state index contributed by atoms with van der Waals surface area (Å²) in [5.41, 5.74) is 3.91. The zero-order valence-electron chi connectivity index (χ0n) is 17.7. The van der Waals surface area contributed by atoms with Gasteiger partial charge < -0.3 is 19.5 Å². The van der Waals surface area contributed by atoms with Gasteiger partial charge in [0.25, 0.3) is 0 Å². The smallest absolute Gasteiger partial charge is 0.174 e. The molecule has 0 aliphatic carbocycles. The van der Waals surface area contributed by atoms with E-state index in [2.05, 4.69) is 60.1 Å². The Labute approximate surface area is 211 Å². The predicted octanol–water partition coefficient (Wildman–Crippen LogP) is 6.47. The Kier molecular flexibility index (Phi) is 6.10. The van der Waals surface area contributed by atoms with Gasteiger partial charge in [-0.25, -0.2) is 0 Å². The summed E-state index contributed by atoms with van der Waals surface area (Å²) in [5.74, 6) is 0.619. The van der Waals surface area contributed by atoms with Crippen LogP contribution in [0.2, 0.25) is 5.02 Å². The number of nitrogens with zero attached hydrogens (tertiary/aromatic N) is 3. The van der Waals surface area contributed by atoms with E-state index in [1.54, 1.807) is 13.3 Å². The fourth-order valence-corrected chi connectivity index (χ4v) is 5.22. The predicted molar refractivity (Wildman–Crippen MR) is 139 cm³/mol. The number of aromatic nitrogens is 2. The van der Waals surface area contributed by atoms with Crippen LogP contribution in [-0.4, -0.2) is 21.8 Å². The van der Waals surface area contributed by atoms with Gasteiger partial charge in [-0.05, 0) is 72.9 Å². The molecule has 3 heterocycles. The number of thiocarbonyl (C=S) groups is 1. The van der Waals surface area contributed by atoms with E-state index in [9.17, 15) is 0 Å². The van der Waals surface area contributed by atoms with Crippen molar-refractivity contribution in [1.82, 2.24) is 14.9 Å². The van der Waals surface area contributed by atoms with Gasteiger partial charge in [0.2, 0.25) is 0 Å². The maximum absolute atomic E-state index is 6.49. The molecular weight excluding hydrogens is 520 g/mol. The van der Waals surface area contributed by atoms with E-state index in [1.807, 2.05) is 54.6 Å². The summed E-state index contributed by atoms with van der Waals surface area (Å²) >= 11 is 15.9. The highest BCUT2D eigenvalue weighted by Crippen LogP contribution is 2.43. The second-order valence-electron chi connectivity index (χ2n) is 7.60. The summed E-state index contributed by atoms with van der Waals surface area (Å²) < 4.78 is 8.54. The van der Waals surface area contributed by atoms with E-state index in [-0.39, 0.29) is 12.1 Å². The lowest BCUT2D eigenvalue weighted by atomic mass is 10.0. The van der Waals surface area contributed by atoms with Crippen LogP contribution in [0, 0.1) is 0 Å². The molecule has 0 radical (unpaired) electrons. The quantitative estimate of drug-likeness (QED) is 0.294. The van der Waals surface area contributed by atoms with Crippen molar-refractivity contribution in [3.05, 3.63) is 106 Å².